The van der Waals surface area contributed by atoms with Crippen molar-refractivity contribution in [2.45, 2.75) is 0 Å². The largest absolute Gasteiger partial charge is 0.463 e. The summed E-state index contributed by atoms with van der Waals surface area (Å²) < 4.78 is 5.01. The number of hydrogen-bond donors (Lipinski definition) is 1. The van der Waals surface area contributed by atoms with Crippen LogP contribution in [0.3, 0.4) is 0 Å². The van der Waals surface area contributed by atoms with Crippen LogP contribution in [0.5, 0.6) is 0 Å². The van der Waals surface area contributed by atoms with E-state index in [-0.39, 0.29) is 5.91 Å². The molecular formula is C8H7N3O2S. The molecule has 1 aromatic rings. The van der Waals surface area contributed by atoms with Crippen LogP contribution in [0.1, 0.15) is 5.76 Å². The Balaban J connectivity index is 1.96. The van der Waals surface area contributed by atoms with Gasteiger partial charge >= 0.3 is 0 Å². The molecule has 1 saturated heterocycles. The molecule has 6 heteroatoms. The van der Waals surface area contributed by atoms with Crippen molar-refractivity contribution >= 4 is 29.1 Å². The second-order valence-corrected chi connectivity index (χ2v) is 3.47. The van der Waals surface area contributed by atoms with Gasteiger partial charge in [-0.3, -0.25) is 4.79 Å². The molecule has 0 aromatic carbocycles. The predicted octanol–water partition coefficient (Wildman–Crippen LogP) is 0.833. The highest BCUT2D eigenvalue weighted by atomic mass is 32.2. The number of thioether (sulfide) groups is 1. The maximum absolute atomic E-state index is 10.8. The lowest BCUT2D eigenvalue weighted by Gasteiger charge is -1.88. The predicted molar refractivity (Wildman–Crippen MR) is 54.3 cm³/mol. The van der Waals surface area contributed by atoms with E-state index < -0.39 is 0 Å². The Kier molecular flexibility index (Phi) is 2.64. The van der Waals surface area contributed by atoms with Crippen molar-refractivity contribution in [1.82, 2.24) is 5.32 Å². The highest BCUT2D eigenvalue weighted by Gasteiger charge is 2.15. The molecule has 0 spiro atoms. The van der Waals surface area contributed by atoms with Gasteiger partial charge in [0.05, 0.1) is 18.2 Å². The first-order chi connectivity index (χ1) is 6.84. The van der Waals surface area contributed by atoms with Crippen LogP contribution in [-0.2, 0) is 4.79 Å². The standard InChI is InChI=1S/C8H7N3O2S/c12-7-5-14-8(10-7)11-9-4-6-2-1-3-13-6/h1-4H,5H2,(H,10,11,12)/b9-4+. The van der Waals surface area contributed by atoms with Crippen LogP contribution in [0, 0.1) is 0 Å². The Morgan fingerprint density at radius 1 is 1.64 bits per heavy atom. The van der Waals surface area contributed by atoms with Gasteiger partial charge in [-0.05, 0) is 12.1 Å². The van der Waals surface area contributed by atoms with Crippen molar-refractivity contribution in [3.8, 4) is 0 Å². The molecule has 0 aliphatic carbocycles. The molecular weight excluding hydrogens is 202 g/mol. The van der Waals surface area contributed by atoms with E-state index in [4.69, 9.17) is 4.42 Å². The number of hydrogen-bond acceptors (Lipinski definition) is 5. The van der Waals surface area contributed by atoms with Gasteiger partial charge in [0.1, 0.15) is 5.76 Å². The summed E-state index contributed by atoms with van der Waals surface area (Å²) in [5.74, 6) is 1.00. The summed E-state index contributed by atoms with van der Waals surface area (Å²) in [6.45, 7) is 0. The molecule has 1 N–H and O–H groups in total. The molecule has 0 atom stereocenters. The number of nitrogens with one attached hydrogen (secondary N) is 1. The van der Waals surface area contributed by atoms with Crippen molar-refractivity contribution in [2.24, 2.45) is 10.2 Å². The van der Waals surface area contributed by atoms with Gasteiger partial charge in [-0.1, -0.05) is 11.8 Å². The van der Waals surface area contributed by atoms with Crippen LogP contribution < -0.4 is 5.32 Å². The lowest BCUT2D eigenvalue weighted by atomic mass is 10.5. The molecule has 0 radical (unpaired) electrons. The van der Waals surface area contributed by atoms with Crippen molar-refractivity contribution in [1.29, 1.82) is 0 Å². The lowest BCUT2D eigenvalue weighted by molar-refractivity contribution is -0.116. The van der Waals surface area contributed by atoms with Crippen molar-refractivity contribution in [3.05, 3.63) is 24.2 Å². The summed E-state index contributed by atoms with van der Waals surface area (Å²) in [5.41, 5.74) is 0. The van der Waals surface area contributed by atoms with Gasteiger partial charge in [-0.25, -0.2) is 0 Å². The molecule has 14 heavy (non-hydrogen) atoms. The molecule has 5 nitrogen and oxygen atoms in total. The third-order valence-corrected chi connectivity index (χ3v) is 2.33. The van der Waals surface area contributed by atoms with E-state index in [1.165, 1.54) is 18.0 Å². The molecule has 2 heterocycles. The first kappa shape index (κ1) is 9.01. The first-order valence-corrected chi connectivity index (χ1v) is 4.90. The topological polar surface area (TPSA) is 67.0 Å². The normalized spacial score (nSPS) is 19.4. The number of amides is 1. The van der Waals surface area contributed by atoms with Crippen LogP contribution in [0.25, 0.3) is 0 Å². The van der Waals surface area contributed by atoms with Gasteiger partial charge in [-0.2, -0.15) is 5.10 Å². The van der Waals surface area contributed by atoms with Gasteiger partial charge in [0.2, 0.25) is 5.91 Å². The van der Waals surface area contributed by atoms with Crippen LogP contribution in [-0.4, -0.2) is 23.0 Å². The van der Waals surface area contributed by atoms with Crippen molar-refractivity contribution in [3.63, 3.8) is 0 Å². The summed E-state index contributed by atoms with van der Waals surface area (Å²) in [4.78, 5) is 10.8. The molecule has 1 aliphatic heterocycles. The zero-order valence-corrected chi connectivity index (χ0v) is 7.95. The van der Waals surface area contributed by atoms with E-state index in [1.807, 2.05) is 0 Å². The quantitative estimate of drug-likeness (QED) is 0.579. The fraction of sp³-hybridized carbons (Fsp3) is 0.125. The van der Waals surface area contributed by atoms with Crippen LogP contribution in [0.2, 0.25) is 0 Å². The fourth-order valence-electron chi connectivity index (χ4n) is 0.882. The molecule has 0 bridgehead atoms. The minimum absolute atomic E-state index is 0.0399. The van der Waals surface area contributed by atoms with Crippen molar-refractivity contribution in [2.75, 3.05) is 5.75 Å². The van der Waals surface area contributed by atoms with Gasteiger partial charge < -0.3 is 9.73 Å². The van der Waals surface area contributed by atoms with Crippen LogP contribution in [0.4, 0.5) is 0 Å². The molecule has 0 saturated carbocycles. The Morgan fingerprint density at radius 3 is 3.21 bits per heavy atom. The van der Waals surface area contributed by atoms with E-state index >= 15 is 0 Å². The van der Waals surface area contributed by atoms with Gasteiger partial charge in [-0.15, -0.1) is 5.10 Å². The Labute approximate surface area is 84.3 Å². The summed E-state index contributed by atoms with van der Waals surface area (Å²) in [7, 11) is 0. The minimum atomic E-state index is -0.0399. The zero-order valence-electron chi connectivity index (χ0n) is 7.14. The number of carbonyl (C=O) groups is 1. The molecule has 1 fully saturated rings. The Morgan fingerprint density at radius 2 is 2.57 bits per heavy atom. The monoisotopic (exact) mass is 209 g/mol. The maximum Gasteiger partial charge on any atom is 0.236 e. The summed E-state index contributed by atoms with van der Waals surface area (Å²) >= 11 is 1.33. The number of rotatable bonds is 2. The van der Waals surface area contributed by atoms with Crippen LogP contribution >= 0.6 is 11.8 Å². The molecule has 2 rings (SSSR count). The molecule has 0 unspecified atom stereocenters. The molecule has 72 valence electrons. The summed E-state index contributed by atoms with van der Waals surface area (Å²) in [5, 5.41) is 10.7. The van der Waals surface area contributed by atoms with Crippen LogP contribution in [0.15, 0.2) is 33.0 Å². The number of furan rings is 1. The summed E-state index contributed by atoms with van der Waals surface area (Å²) in [6, 6.07) is 3.53. The van der Waals surface area contributed by atoms with E-state index in [0.717, 1.165) is 0 Å². The average Bonchev–Trinajstić information content (AvgIpc) is 2.77. The number of nitrogens with zero attached hydrogens (tertiary/aromatic N) is 2. The lowest BCUT2D eigenvalue weighted by Crippen LogP contribution is -2.19. The van der Waals surface area contributed by atoms with Gasteiger partial charge in [0, 0.05) is 0 Å². The smallest absolute Gasteiger partial charge is 0.236 e. The highest BCUT2D eigenvalue weighted by molar-refractivity contribution is 8.15. The third-order valence-electron chi connectivity index (χ3n) is 1.46. The Bertz CT molecular complexity index is 383. The first-order valence-electron chi connectivity index (χ1n) is 3.92. The number of carbonyl (C=O) groups excluding carboxylic acids is 1. The zero-order chi connectivity index (χ0) is 9.80. The van der Waals surface area contributed by atoms with E-state index in [2.05, 4.69) is 15.5 Å². The highest BCUT2D eigenvalue weighted by Crippen LogP contribution is 2.08. The fourth-order valence-corrected chi connectivity index (χ4v) is 1.51. The molecule has 1 aromatic heterocycles. The van der Waals surface area contributed by atoms with Gasteiger partial charge in [0.25, 0.3) is 0 Å². The summed E-state index contributed by atoms with van der Waals surface area (Å²) in [6.07, 6.45) is 3.04. The average molecular weight is 209 g/mol. The SMILES string of the molecule is O=C1CS/C(=N\N=C\c2ccco2)N1. The molecule has 1 aliphatic rings. The van der Waals surface area contributed by atoms with Crippen molar-refractivity contribution < 1.29 is 9.21 Å². The third kappa shape index (κ3) is 2.23. The van der Waals surface area contributed by atoms with E-state index in [0.29, 0.717) is 16.7 Å². The Hall–Kier alpha value is -1.56. The van der Waals surface area contributed by atoms with E-state index in [9.17, 15) is 4.79 Å². The second kappa shape index (κ2) is 4.10. The van der Waals surface area contributed by atoms with Gasteiger partial charge in [0.15, 0.2) is 5.17 Å². The second-order valence-electron chi connectivity index (χ2n) is 2.50. The minimum Gasteiger partial charge on any atom is -0.463 e. The maximum atomic E-state index is 10.8. The van der Waals surface area contributed by atoms with E-state index in [1.54, 1.807) is 18.4 Å². The molecule has 1 amide bonds. The number of amidine groups is 1.